The molecule has 1 aromatic carbocycles. The zero-order valence-electron chi connectivity index (χ0n) is 11.9. The topological polar surface area (TPSA) is 84.2 Å². The molecule has 0 bridgehead atoms. The third kappa shape index (κ3) is 3.61. The predicted octanol–water partition coefficient (Wildman–Crippen LogP) is 2.13. The van der Waals surface area contributed by atoms with Gasteiger partial charge in [-0.3, -0.25) is 9.59 Å². The highest BCUT2D eigenvalue weighted by atomic mass is 32.1. The molecule has 0 saturated heterocycles. The minimum atomic E-state index is -0.413. The lowest BCUT2D eigenvalue weighted by Crippen LogP contribution is -2.17. The number of aryl methyl sites for hydroxylation is 1. The maximum atomic E-state index is 11.5. The summed E-state index contributed by atoms with van der Waals surface area (Å²) in [4.78, 5) is 23.6. The van der Waals surface area contributed by atoms with Gasteiger partial charge >= 0.3 is 0 Å². The summed E-state index contributed by atoms with van der Waals surface area (Å²) in [5.41, 5.74) is 8.33. The van der Waals surface area contributed by atoms with E-state index < -0.39 is 5.91 Å². The number of primary amides is 1. The van der Waals surface area contributed by atoms with Crippen molar-refractivity contribution in [3.05, 3.63) is 51.2 Å². The van der Waals surface area contributed by atoms with Gasteiger partial charge in [0.05, 0.1) is 5.56 Å². The van der Waals surface area contributed by atoms with Crippen molar-refractivity contribution in [3.63, 3.8) is 0 Å². The van der Waals surface area contributed by atoms with Gasteiger partial charge in [-0.1, -0.05) is 0 Å². The fourth-order valence-electron chi connectivity index (χ4n) is 1.93. The SMILES string of the molecule is CNC(=O)c1ccc(NCc2cc(C(N)=O)cs2)c(C)c1. The number of carbonyl (C=O) groups is 2. The Morgan fingerprint density at radius 1 is 1.24 bits per heavy atom. The Morgan fingerprint density at radius 2 is 2.00 bits per heavy atom. The van der Waals surface area contributed by atoms with Crippen LogP contribution in [0.3, 0.4) is 0 Å². The van der Waals surface area contributed by atoms with Crippen molar-refractivity contribution in [2.45, 2.75) is 13.5 Å². The van der Waals surface area contributed by atoms with E-state index in [1.165, 1.54) is 11.3 Å². The molecule has 0 unspecified atom stereocenters. The number of amides is 2. The summed E-state index contributed by atoms with van der Waals surface area (Å²) in [5, 5.41) is 7.64. The van der Waals surface area contributed by atoms with Crippen LogP contribution in [0.2, 0.25) is 0 Å². The number of anilines is 1. The van der Waals surface area contributed by atoms with Crippen LogP contribution in [0, 0.1) is 6.92 Å². The number of hydrogen-bond acceptors (Lipinski definition) is 4. The smallest absolute Gasteiger partial charge is 0.251 e. The minimum absolute atomic E-state index is 0.103. The van der Waals surface area contributed by atoms with E-state index >= 15 is 0 Å². The highest BCUT2D eigenvalue weighted by Gasteiger charge is 2.07. The average Bonchev–Trinajstić information content (AvgIpc) is 2.94. The van der Waals surface area contributed by atoms with Crippen LogP contribution < -0.4 is 16.4 Å². The van der Waals surface area contributed by atoms with Crippen molar-refractivity contribution in [2.75, 3.05) is 12.4 Å². The van der Waals surface area contributed by atoms with Gasteiger partial charge in [-0.05, 0) is 36.8 Å². The molecule has 4 N–H and O–H groups in total. The first-order valence-electron chi connectivity index (χ1n) is 6.45. The fourth-order valence-corrected chi connectivity index (χ4v) is 2.75. The zero-order chi connectivity index (χ0) is 15.4. The maximum Gasteiger partial charge on any atom is 0.251 e. The second kappa shape index (κ2) is 6.41. The molecule has 0 aliphatic rings. The molecular formula is C15H17N3O2S. The van der Waals surface area contributed by atoms with Crippen molar-refractivity contribution < 1.29 is 9.59 Å². The Bertz CT molecular complexity index is 679. The van der Waals surface area contributed by atoms with E-state index in [1.807, 2.05) is 19.1 Å². The molecular weight excluding hydrogens is 286 g/mol. The molecule has 110 valence electrons. The average molecular weight is 303 g/mol. The van der Waals surface area contributed by atoms with Crippen LogP contribution in [-0.4, -0.2) is 18.9 Å². The largest absolute Gasteiger partial charge is 0.380 e. The highest BCUT2D eigenvalue weighted by molar-refractivity contribution is 7.10. The molecule has 0 radical (unpaired) electrons. The molecule has 5 nitrogen and oxygen atoms in total. The third-order valence-corrected chi connectivity index (χ3v) is 4.04. The van der Waals surface area contributed by atoms with Crippen molar-refractivity contribution in [1.82, 2.24) is 5.32 Å². The number of thiophene rings is 1. The number of rotatable bonds is 5. The van der Waals surface area contributed by atoms with E-state index in [1.54, 1.807) is 24.6 Å². The molecule has 1 aromatic heterocycles. The second-order valence-electron chi connectivity index (χ2n) is 4.63. The van der Waals surface area contributed by atoms with Crippen LogP contribution in [0.4, 0.5) is 5.69 Å². The lowest BCUT2D eigenvalue weighted by molar-refractivity contribution is 0.0961. The van der Waals surface area contributed by atoms with E-state index in [-0.39, 0.29) is 5.91 Å². The first-order chi connectivity index (χ1) is 10.0. The molecule has 0 aliphatic heterocycles. The Labute approximate surface area is 127 Å². The van der Waals surface area contributed by atoms with Gasteiger partial charge in [-0.2, -0.15) is 0 Å². The molecule has 0 fully saturated rings. The van der Waals surface area contributed by atoms with Gasteiger partial charge in [0.15, 0.2) is 0 Å². The summed E-state index contributed by atoms with van der Waals surface area (Å²) in [6.45, 7) is 2.55. The molecule has 2 aromatic rings. The fraction of sp³-hybridized carbons (Fsp3) is 0.200. The summed E-state index contributed by atoms with van der Waals surface area (Å²) in [7, 11) is 1.61. The van der Waals surface area contributed by atoms with Gasteiger partial charge < -0.3 is 16.4 Å². The Kier molecular flexibility index (Phi) is 4.59. The first-order valence-corrected chi connectivity index (χ1v) is 7.33. The van der Waals surface area contributed by atoms with Crippen LogP contribution >= 0.6 is 11.3 Å². The van der Waals surface area contributed by atoms with E-state index in [4.69, 9.17) is 5.73 Å². The quantitative estimate of drug-likeness (QED) is 0.791. The van der Waals surface area contributed by atoms with E-state index in [9.17, 15) is 9.59 Å². The van der Waals surface area contributed by atoms with E-state index in [2.05, 4.69) is 10.6 Å². The Hall–Kier alpha value is -2.34. The molecule has 6 heteroatoms. The minimum Gasteiger partial charge on any atom is -0.380 e. The predicted molar refractivity (Wildman–Crippen MR) is 84.7 cm³/mol. The molecule has 2 amide bonds. The number of hydrogen-bond donors (Lipinski definition) is 3. The molecule has 0 atom stereocenters. The summed E-state index contributed by atoms with van der Waals surface area (Å²) in [6, 6.07) is 7.28. The number of carbonyl (C=O) groups excluding carboxylic acids is 2. The van der Waals surface area contributed by atoms with Gasteiger partial charge in [0.25, 0.3) is 5.91 Å². The van der Waals surface area contributed by atoms with Crippen LogP contribution in [0.1, 0.15) is 31.2 Å². The summed E-state index contributed by atoms with van der Waals surface area (Å²) >= 11 is 1.49. The number of nitrogens with two attached hydrogens (primary N) is 1. The van der Waals surface area contributed by atoms with Gasteiger partial charge in [-0.15, -0.1) is 11.3 Å². The lowest BCUT2D eigenvalue weighted by atomic mass is 10.1. The molecule has 0 aliphatic carbocycles. The Balaban J connectivity index is 2.06. The lowest BCUT2D eigenvalue weighted by Gasteiger charge is -2.10. The molecule has 0 saturated carbocycles. The number of benzene rings is 1. The van der Waals surface area contributed by atoms with Crippen LogP contribution in [0.15, 0.2) is 29.6 Å². The van der Waals surface area contributed by atoms with Crippen molar-refractivity contribution >= 4 is 28.8 Å². The summed E-state index contributed by atoms with van der Waals surface area (Å²) in [6.07, 6.45) is 0. The highest BCUT2D eigenvalue weighted by Crippen LogP contribution is 2.20. The molecule has 21 heavy (non-hydrogen) atoms. The standard InChI is InChI=1S/C15H17N3O2S/c1-9-5-10(15(20)17-2)3-4-13(9)18-7-12-6-11(8-21-12)14(16)19/h3-6,8,18H,7H2,1-2H3,(H2,16,19)(H,17,20). The van der Waals surface area contributed by atoms with Crippen molar-refractivity contribution in [2.24, 2.45) is 5.73 Å². The van der Waals surface area contributed by atoms with Crippen LogP contribution in [-0.2, 0) is 6.54 Å². The monoisotopic (exact) mass is 303 g/mol. The first kappa shape index (κ1) is 15.1. The molecule has 1 heterocycles. The Morgan fingerprint density at radius 3 is 2.57 bits per heavy atom. The van der Waals surface area contributed by atoms with Crippen molar-refractivity contribution in [1.29, 1.82) is 0 Å². The molecule has 0 spiro atoms. The normalized spacial score (nSPS) is 10.2. The third-order valence-electron chi connectivity index (χ3n) is 3.11. The summed E-state index contributed by atoms with van der Waals surface area (Å²) < 4.78 is 0. The van der Waals surface area contributed by atoms with E-state index in [0.717, 1.165) is 16.1 Å². The van der Waals surface area contributed by atoms with Crippen LogP contribution in [0.25, 0.3) is 0 Å². The van der Waals surface area contributed by atoms with Gasteiger partial charge in [0, 0.05) is 35.1 Å². The van der Waals surface area contributed by atoms with E-state index in [0.29, 0.717) is 17.7 Å². The zero-order valence-corrected chi connectivity index (χ0v) is 12.7. The second-order valence-corrected chi connectivity index (χ2v) is 5.62. The maximum absolute atomic E-state index is 11.5. The number of nitrogens with one attached hydrogen (secondary N) is 2. The van der Waals surface area contributed by atoms with Crippen LogP contribution in [0.5, 0.6) is 0 Å². The van der Waals surface area contributed by atoms with Gasteiger partial charge in [-0.25, -0.2) is 0 Å². The summed E-state index contributed by atoms with van der Waals surface area (Å²) in [5.74, 6) is -0.516. The van der Waals surface area contributed by atoms with Gasteiger partial charge in [0.1, 0.15) is 0 Å². The van der Waals surface area contributed by atoms with Gasteiger partial charge in [0.2, 0.25) is 5.91 Å². The molecule has 2 rings (SSSR count). The van der Waals surface area contributed by atoms with Crippen molar-refractivity contribution in [3.8, 4) is 0 Å².